The van der Waals surface area contributed by atoms with Crippen molar-refractivity contribution in [3.05, 3.63) is 46.6 Å². The molecule has 3 rings (SSSR count). The normalized spacial score (nSPS) is 18.3. The third-order valence-electron chi connectivity index (χ3n) is 4.51. The SMILES string of the molecule is COC(C)(C)CNc1nccc2c1NC(N)(c1ccc(Cl)cc1OC(F)F)N=C2. The predicted octanol–water partition coefficient (Wildman–Crippen LogP) is 3.79. The molecule has 1 aliphatic heterocycles. The van der Waals surface area contributed by atoms with Crippen LogP contribution in [0.4, 0.5) is 20.3 Å². The van der Waals surface area contributed by atoms with Crippen molar-refractivity contribution in [1.82, 2.24) is 4.98 Å². The molecule has 4 N–H and O–H groups in total. The van der Waals surface area contributed by atoms with Gasteiger partial charge in [-0.3, -0.25) is 5.73 Å². The van der Waals surface area contributed by atoms with E-state index in [-0.39, 0.29) is 16.3 Å². The summed E-state index contributed by atoms with van der Waals surface area (Å²) in [7, 11) is 1.62. The van der Waals surface area contributed by atoms with E-state index in [1.165, 1.54) is 18.2 Å². The molecule has 0 aliphatic carbocycles. The van der Waals surface area contributed by atoms with E-state index < -0.39 is 18.0 Å². The zero-order valence-corrected chi connectivity index (χ0v) is 16.9. The number of alkyl halides is 2. The number of aromatic nitrogens is 1. The van der Waals surface area contributed by atoms with Gasteiger partial charge in [0.25, 0.3) is 0 Å². The third kappa shape index (κ3) is 4.75. The topological polar surface area (TPSA) is 93.8 Å². The van der Waals surface area contributed by atoms with Crippen LogP contribution in [0.25, 0.3) is 0 Å². The van der Waals surface area contributed by atoms with Gasteiger partial charge < -0.3 is 20.1 Å². The molecule has 0 spiro atoms. The fraction of sp³-hybridized carbons (Fsp3) is 0.368. The van der Waals surface area contributed by atoms with Gasteiger partial charge in [-0.15, -0.1) is 0 Å². The molecular weight excluding hydrogens is 404 g/mol. The Bertz CT molecular complexity index is 925. The van der Waals surface area contributed by atoms with E-state index in [4.69, 9.17) is 22.1 Å². The zero-order valence-electron chi connectivity index (χ0n) is 16.2. The summed E-state index contributed by atoms with van der Waals surface area (Å²) in [6.07, 6.45) is 3.19. The average molecular weight is 426 g/mol. The molecule has 10 heteroatoms. The van der Waals surface area contributed by atoms with Gasteiger partial charge in [-0.05, 0) is 38.1 Å². The van der Waals surface area contributed by atoms with E-state index in [0.717, 1.165) is 5.56 Å². The maximum Gasteiger partial charge on any atom is 0.387 e. The highest BCUT2D eigenvalue weighted by Crippen LogP contribution is 2.38. The van der Waals surface area contributed by atoms with Crippen molar-refractivity contribution in [2.24, 2.45) is 10.7 Å². The highest BCUT2D eigenvalue weighted by molar-refractivity contribution is 6.30. The molecule has 29 heavy (non-hydrogen) atoms. The van der Waals surface area contributed by atoms with Crippen molar-refractivity contribution >= 4 is 29.3 Å². The first-order chi connectivity index (χ1) is 13.6. The third-order valence-corrected chi connectivity index (χ3v) is 4.75. The minimum absolute atomic E-state index is 0.165. The van der Waals surface area contributed by atoms with Gasteiger partial charge in [0.05, 0.1) is 16.9 Å². The number of nitrogens with zero attached hydrogens (tertiary/aromatic N) is 2. The Morgan fingerprint density at radius 2 is 2.10 bits per heavy atom. The molecule has 1 atom stereocenters. The Balaban J connectivity index is 1.96. The first-order valence-corrected chi connectivity index (χ1v) is 9.16. The quantitative estimate of drug-likeness (QED) is 0.625. The number of aliphatic imine (C=N–C) groups is 1. The van der Waals surface area contributed by atoms with Crippen molar-refractivity contribution < 1.29 is 18.3 Å². The van der Waals surface area contributed by atoms with Gasteiger partial charge in [0.1, 0.15) is 11.6 Å². The molecule has 1 unspecified atom stereocenters. The van der Waals surface area contributed by atoms with Crippen LogP contribution in [0, 0.1) is 0 Å². The van der Waals surface area contributed by atoms with Gasteiger partial charge in [-0.2, -0.15) is 8.78 Å². The number of anilines is 2. The van der Waals surface area contributed by atoms with E-state index in [0.29, 0.717) is 18.1 Å². The van der Waals surface area contributed by atoms with Gasteiger partial charge >= 0.3 is 6.61 Å². The maximum absolute atomic E-state index is 12.9. The maximum atomic E-state index is 12.9. The first-order valence-electron chi connectivity index (χ1n) is 8.79. The summed E-state index contributed by atoms with van der Waals surface area (Å²) in [5.41, 5.74) is 7.54. The molecule has 0 amide bonds. The smallest absolute Gasteiger partial charge is 0.387 e. The first kappa shape index (κ1) is 21.2. The van der Waals surface area contributed by atoms with Gasteiger partial charge in [-0.1, -0.05) is 11.6 Å². The van der Waals surface area contributed by atoms with Crippen molar-refractivity contribution in [2.45, 2.75) is 31.8 Å². The molecule has 1 aromatic heterocycles. The number of ether oxygens (including phenoxy) is 2. The summed E-state index contributed by atoms with van der Waals surface area (Å²) in [6.45, 7) is 1.30. The number of rotatable bonds is 7. The van der Waals surface area contributed by atoms with Crippen LogP contribution < -0.4 is 21.1 Å². The number of nitrogens with one attached hydrogen (secondary N) is 2. The standard InChI is InChI=1S/C19H22ClF2N5O2/c1-18(2,28-3)10-25-16-15-11(6-7-24-16)9-26-19(23,27-15)13-5-4-12(20)8-14(13)29-17(21)22/h4-9,17,27H,10,23H2,1-3H3,(H,24,25). The summed E-state index contributed by atoms with van der Waals surface area (Å²) >= 11 is 5.93. The van der Waals surface area contributed by atoms with Gasteiger partial charge in [0.2, 0.25) is 5.79 Å². The number of halogens is 3. The Labute approximate surface area is 172 Å². The molecule has 7 nitrogen and oxygen atoms in total. The number of hydrogen-bond acceptors (Lipinski definition) is 7. The van der Waals surface area contributed by atoms with E-state index in [1.807, 2.05) is 13.8 Å². The van der Waals surface area contributed by atoms with Crippen molar-refractivity contribution in [1.29, 1.82) is 0 Å². The van der Waals surface area contributed by atoms with Crippen LogP contribution >= 0.6 is 11.6 Å². The zero-order chi connectivity index (χ0) is 21.2. The number of benzene rings is 1. The lowest BCUT2D eigenvalue weighted by Gasteiger charge is -2.34. The molecular formula is C19H22ClF2N5O2. The van der Waals surface area contributed by atoms with Crippen LogP contribution in [0.1, 0.15) is 25.0 Å². The largest absolute Gasteiger partial charge is 0.434 e. The van der Waals surface area contributed by atoms with Crippen molar-refractivity contribution in [3.63, 3.8) is 0 Å². The Hall–Kier alpha value is -2.49. The highest BCUT2D eigenvalue weighted by atomic mass is 35.5. The number of pyridine rings is 1. The van der Waals surface area contributed by atoms with Gasteiger partial charge in [0.15, 0.2) is 0 Å². The number of nitrogens with two attached hydrogens (primary N) is 1. The fourth-order valence-electron chi connectivity index (χ4n) is 2.75. The molecule has 0 fully saturated rings. The van der Waals surface area contributed by atoms with Crippen LogP contribution in [0.5, 0.6) is 5.75 Å². The summed E-state index contributed by atoms with van der Waals surface area (Å²) in [6, 6.07) is 6.05. The molecule has 0 saturated carbocycles. The Kier molecular flexibility index (Phi) is 5.92. The molecule has 0 bridgehead atoms. The number of fused-ring (bicyclic) bond motifs is 1. The summed E-state index contributed by atoms with van der Waals surface area (Å²) < 4.78 is 35.8. The van der Waals surface area contributed by atoms with Crippen molar-refractivity contribution in [2.75, 3.05) is 24.3 Å². The fourth-order valence-corrected chi connectivity index (χ4v) is 2.92. The lowest BCUT2D eigenvalue weighted by Crippen LogP contribution is -2.45. The van der Waals surface area contributed by atoms with Crippen LogP contribution in [-0.2, 0) is 10.5 Å². The lowest BCUT2D eigenvalue weighted by molar-refractivity contribution is -0.0509. The summed E-state index contributed by atoms with van der Waals surface area (Å²) in [5.74, 6) is -1.20. The number of methoxy groups -OCH3 is 1. The molecule has 2 aromatic rings. The summed E-state index contributed by atoms with van der Waals surface area (Å²) in [4.78, 5) is 8.68. The predicted molar refractivity (Wildman–Crippen MR) is 109 cm³/mol. The van der Waals surface area contributed by atoms with Gasteiger partial charge in [0, 0.05) is 36.7 Å². The van der Waals surface area contributed by atoms with E-state index in [1.54, 1.807) is 25.6 Å². The van der Waals surface area contributed by atoms with E-state index in [2.05, 4.69) is 25.3 Å². The van der Waals surface area contributed by atoms with Crippen LogP contribution in [0.15, 0.2) is 35.5 Å². The molecule has 1 aliphatic rings. The monoisotopic (exact) mass is 425 g/mol. The van der Waals surface area contributed by atoms with Crippen LogP contribution in [-0.4, -0.2) is 37.1 Å². The van der Waals surface area contributed by atoms with Crippen molar-refractivity contribution in [3.8, 4) is 5.75 Å². The molecule has 1 aromatic carbocycles. The minimum Gasteiger partial charge on any atom is -0.434 e. The second-order valence-corrected chi connectivity index (χ2v) is 7.55. The van der Waals surface area contributed by atoms with E-state index >= 15 is 0 Å². The van der Waals surface area contributed by atoms with Gasteiger partial charge in [-0.25, -0.2) is 9.98 Å². The Morgan fingerprint density at radius 1 is 1.34 bits per heavy atom. The van der Waals surface area contributed by atoms with Crippen LogP contribution in [0.3, 0.4) is 0 Å². The highest BCUT2D eigenvalue weighted by Gasteiger charge is 2.35. The second kappa shape index (κ2) is 8.10. The summed E-state index contributed by atoms with van der Waals surface area (Å²) in [5, 5.41) is 6.55. The number of hydrogen-bond donors (Lipinski definition) is 3. The lowest BCUT2D eigenvalue weighted by atomic mass is 10.0. The average Bonchev–Trinajstić information content (AvgIpc) is 2.66. The second-order valence-electron chi connectivity index (χ2n) is 7.11. The molecule has 156 valence electrons. The minimum atomic E-state index is -3.04. The molecule has 2 heterocycles. The Morgan fingerprint density at radius 3 is 2.79 bits per heavy atom. The molecule has 0 saturated heterocycles. The van der Waals surface area contributed by atoms with E-state index in [9.17, 15) is 8.78 Å². The van der Waals surface area contributed by atoms with Crippen LogP contribution in [0.2, 0.25) is 5.02 Å². The molecule has 0 radical (unpaired) electrons.